The van der Waals surface area contributed by atoms with Crippen LogP contribution in [-0.2, 0) is 25.1 Å². The molecule has 2 aromatic rings. The molecule has 10 nitrogen and oxygen atoms in total. The molecule has 0 radical (unpaired) electrons. The summed E-state index contributed by atoms with van der Waals surface area (Å²) >= 11 is 0. The molecule has 2 aliphatic carbocycles. The molecule has 12 heteroatoms. The molecule has 0 spiro atoms. The molecule has 250 valence electrons. The molecule has 5 atom stereocenters. The van der Waals surface area contributed by atoms with Gasteiger partial charge >= 0.3 is 7.60 Å². The Kier molecular flexibility index (Phi) is 14.1. The number of unbranched alkanes of at least 4 members (excludes halogenated alkanes) is 9. The standard InChI is InChI=1S/C32H58N5O5PSi/c1-26(22-37-24-36-30-31(33)34-23-35-32(30)37)41-25-43(38,39)42-18-17-40-16-12-10-8-6-4-5-7-9-11-13-19-44(2,3)29-21-27-14-15-28(29)20-27/h23-24,26-29H,4-22,25H2,1-3H3,(H,38,39)(H2,33,34,35)/t26-,27?,28?,29?/m1/s1. The van der Waals surface area contributed by atoms with Gasteiger partial charge in [0.25, 0.3) is 0 Å². The summed E-state index contributed by atoms with van der Waals surface area (Å²) in [5.74, 6) is 2.51. The van der Waals surface area contributed by atoms with Crippen LogP contribution in [0.3, 0.4) is 0 Å². The van der Waals surface area contributed by atoms with E-state index in [1.807, 2.05) is 6.92 Å². The Balaban J connectivity index is 0.907. The number of nitrogens with zero attached hydrogens (tertiary/aromatic N) is 4. The summed E-state index contributed by atoms with van der Waals surface area (Å²) in [6, 6.07) is 1.56. The van der Waals surface area contributed by atoms with Crippen molar-refractivity contribution in [3.63, 3.8) is 0 Å². The summed E-state index contributed by atoms with van der Waals surface area (Å²) in [4.78, 5) is 22.4. The number of nitrogens with two attached hydrogens (primary N) is 1. The van der Waals surface area contributed by atoms with Gasteiger partial charge in [0, 0.05) is 6.61 Å². The third-order valence-corrected chi connectivity index (χ3v) is 15.4. The van der Waals surface area contributed by atoms with Gasteiger partial charge in [0.1, 0.15) is 18.2 Å². The first-order chi connectivity index (χ1) is 21.1. The summed E-state index contributed by atoms with van der Waals surface area (Å²) in [7, 11) is -4.88. The van der Waals surface area contributed by atoms with Gasteiger partial charge in [-0.05, 0) is 43.6 Å². The van der Waals surface area contributed by atoms with E-state index >= 15 is 0 Å². The van der Waals surface area contributed by atoms with E-state index in [9.17, 15) is 9.46 Å². The van der Waals surface area contributed by atoms with E-state index in [1.165, 1.54) is 70.5 Å². The normalized spacial score (nSPS) is 22.1. The third kappa shape index (κ3) is 11.2. The minimum absolute atomic E-state index is 0.0646. The molecule has 2 bridgehead atoms. The minimum atomic E-state index is -3.86. The zero-order chi connectivity index (χ0) is 31.4. The SMILES string of the molecule is C[C@H](Cn1cnc2c(N)ncnc21)OCP(=O)(O)OCCOCCCCCCCCCCCC[Si](C)(C)C1CC2CCC1C2. The van der Waals surface area contributed by atoms with Crippen LogP contribution in [0.1, 0.15) is 96.8 Å². The molecular weight excluding hydrogens is 593 g/mol. The van der Waals surface area contributed by atoms with Crippen molar-refractivity contribution < 1.29 is 23.5 Å². The topological polar surface area (TPSA) is 135 Å². The Morgan fingerprint density at radius 1 is 0.977 bits per heavy atom. The fraction of sp³-hybridized carbons (Fsp3) is 0.844. The van der Waals surface area contributed by atoms with E-state index in [-0.39, 0.29) is 12.7 Å². The zero-order valence-electron chi connectivity index (χ0n) is 27.5. The number of imidazole rings is 1. The number of ether oxygens (including phenoxy) is 2. The molecule has 2 fully saturated rings. The predicted octanol–water partition coefficient (Wildman–Crippen LogP) is 7.79. The number of rotatable bonds is 23. The van der Waals surface area contributed by atoms with E-state index in [4.69, 9.17) is 19.7 Å². The van der Waals surface area contributed by atoms with Crippen LogP contribution < -0.4 is 5.73 Å². The number of aromatic nitrogens is 4. The van der Waals surface area contributed by atoms with Gasteiger partial charge in [0.05, 0.1) is 40.3 Å². The molecule has 0 aromatic carbocycles. The third-order valence-electron chi connectivity index (χ3n) is 10.0. The zero-order valence-corrected chi connectivity index (χ0v) is 29.4. The maximum atomic E-state index is 12.3. The molecule has 4 unspecified atom stereocenters. The molecule has 0 aliphatic heterocycles. The molecule has 0 saturated heterocycles. The fourth-order valence-corrected chi connectivity index (χ4v) is 12.5. The fourth-order valence-electron chi connectivity index (χ4n) is 7.55. The van der Waals surface area contributed by atoms with E-state index in [0.717, 1.165) is 23.8 Å². The van der Waals surface area contributed by atoms with Crippen molar-refractivity contribution >= 4 is 32.7 Å². The lowest BCUT2D eigenvalue weighted by molar-refractivity contribution is 0.0610. The lowest BCUT2D eigenvalue weighted by atomic mass is 10.0. The van der Waals surface area contributed by atoms with Crippen molar-refractivity contribution in [2.45, 2.75) is 134 Å². The lowest BCUT2D eigenvalue weighted by Crippen LogP contribution is -2.35. The molecule has 4 rings (SSSR count). The maximum Gasteiger partial charge on any atom is 0.353 e. The highest BCUT2D eigenvalue weighted by Gasteiger charge is 2.46. The summed E-state index contributed by atoms with van der Waals surface area (Å²) in [5.41, 5.74) is 8.07. The van der Waals surface area contributed by atoms with E-state index < -0.39 is 22.0 Å². The highest BCUT2D eigenvalue weighted by Crippen LogP contribution is 2.56. The van der Waals surface area contributed by atoms with E-state index in [1.54, 1.807) is 36.2 Å². The molecule has 44 heavy (non-hydrogen) atoms. The first-order valence-corrected chi connectivity index (χ1v) is 22.3. The number of anilines is 1. The highest BCUT2D eigenvalue weighted by molar-refractivity contribution is 7.52. The lowest BCUT2D eigenvalue weighted by Gasteiger charge is -2.36. The van der Waals surface area contributed by atoms with Crippen molar-refractivity contribution in [1.82, 2.24) is 19.5 Å². The van der Waals surface area contributed by atoms with Crippen LogP contribution in [0, 0.1) is 11.8 Å². The van der Waals surface area contributed by atoms with Crippen LogP contribution in [0.15, 0.2) is 12.7 Å². The number of fused-ring (bicyclic) bond motifs is 3. The Bertz CT molecular complexity index is 1180. The number of nitrogen functional groups attached to an aromatic ring is 1. The Morgan fingerprint density at radius 2 is 1.68 bits per heavy atom. The monoisotopic (exact) mass is 651 g/mol. The first kappa shape index (κ1) is 35.5. The average molecular weight is 652 g/mol. The highest BCUT2D eigenvalue weighted by atomic mass is 31.2. The van der Waals surface area contributed by atoms with Gasteiger partial charge in [-0.1, -0.05) is 89.8 Å². The van der Waals surface area contributed by atoms with Crippen molar-refractivity contribution in [3.8, 4) is 0 Å². The molecule has 2 aromatic heterocycles. The second kappa shape index (κ2) is 17.5. The first-order valence-electron chi connectivity index (χ1n) is 17.2. The average Bonchev–Trinajstić information content (AvgIpc) is 3.73. The van der Waals surface area contributed by atoms with Crippen molar-refractivity contribution in [2.24, 2.45) is 11.8 Å². The Hall–Kier alpha value is -1.36. The van der Waals surface area contributed by atoms with E-state index in [0.29, 0.717) is 36.7 Å². The molecule has 3 N–H and O–H groups in total. The Labute approximate surface area is 265 Å². The number of hydrogen-bond acceptors (Lipinski definition) is 8. The second-order valence-corrected chi connectivity index (χ2v) is 21.1. The molecule has 2 saturated carbocycles. The largest absolute Gasteiger partial charge is 0.382 e. The minimum Gasteiger partial charge on any atom is -0.382 e. The molecular formula is C32H58N5O5PSi. The second-order valence-electron chi connectivity index (χ2n) is 14.1. The van der Waals surface area contributed by atoms with Gasteiger partial charge in [-0.15, -0.1) is 0 Å². The maximum absolute atomic E-state index is 12.3. The van der Waals surface area contributed by atoms with Crippen LogP contribution in [0.4, 0.5) is 5.82 Å². The number of hydrogen-bond donors (Lipinski definition) is 2. The molecule has 2 aliphatic rings. The van der Waals surface area contributed by atoms with Crippen LogP contribution in [0.25, 0.3) is 11.2 Å². The van der Waals surface area contributed by atoms with Gasteiger partial charge in [-0.2, -0.15) is 0 Å². The van der Waals surface area contributed by atoms with Gasteiger partial charge in [-0.25, -0.2) is 15.0 Å². The van der Waals surface area contributed by atoms with Gasteiger partial charge in [0.15, 0.2) is 11.5 Å². The van der Waals surface area contributed by atoms with Crippen molar-refractivity contribution in [3.05, 3.63) is 12.7 Å². The van der Waals surface area contributed by atoms with Gasteiger partial charge in [0.2, 0.25) is 0 Å². The summed E-state index contributed by atoms with van der Waals surface area (Å²) in [6.07, 6.45) is 21.6. The van der Waals surface area contributed by atoms with Crippen LogP contribution in [0.2, 0.25) is 24.7 Å². The van der Waals surface area contributed by atoms with Crippen molar-refractivity contribution in [2.75, 3.05) is 31.9 Å². The van der Waals surface area contributed by atoms with Crippen LogP contribution >= 0.6 is 7.60 Å². The molecule has 2 heterocycles. The quantitative estimate of drug-likeness (QED) is 0.0701. The van der Waals surface area contributed by atoms with Crippen LogP contribution in [-0.4, -0.2) is 64.8 Å². The molecule has 0 amide bonds. The smallest absolute Gasteiger partial charge is 0.353 e. The Morgan fingerprint density at radius 3 is 2.36 bits per heavy atom. The van der Waals surface area contributed by atoms with Crippen molar-refractivity contribution in [1.29, 1.82) is 0 Å². The van der Waals surface area contributed by atoms with Crippen LogP contribution in [0.5, 0.6) is 0 Å². The van der Waals surface area contributed by atoms with E-state index in [2.05, 4.69) is 28.0 Å². The summed E-state index contributed by atoms with van der Waals surface area (Å²) < 4.78 is 30.4. The summed E-state index contributed by atoms with van der Waals surface area (Å²) in [6.45, 7) is 8.59. The van der Waals surface area contributed by atoms with Gasteiger partial charge < -0.3 is 29.2 Å². The summed E-state index contributed by atoms with van der Waals surface area (Å²) in [5, 5.41) is 0. The predicted molar refractivity (Wildman–Crippen MR) is 179 cm³/mol. The van der Waals surface area contributed by atoms with Gasteiger partial charge in [-0.3, -0.25) is 4.57 Å².